The van der Waals surface area contributed by atoms with Gasteiger partial charge in [0.1, 0.15) is 5.82 Å². The van der Waals surface area contributed by atoms with Gasteiger partial charge in [0.05, 0.1) is 24.0 Å². The van der Waals surface area contributed by atoms with E-state index < -0.39 is 5.97 Å². The number of aromatic carboxylic acids is 1. The third-order valence-corrected chi connectivity index (χ3v) is 2.77. The van der Waals surface area contributed by atoms with Crippen molar-refractivity contribution in [1.82, 2.24) is 19.6 Å². The van der Waals surface area contributed by atoms with Crippen LogP contribution in [0.4, 0.5) is 5.82 Å². The summed E-state index contributed by atoms with van der Waals surface area (Å²) in [5.74, 6) is -0.284. The average molecular weight is 269 g/mol. The van der Waals surface area contributed by atoms with Crippen molar-refractivity contribution in [2.24, 2.45) is 0 Å². The zero-order valence-corrected chi connectivity index (χ0v) is 10.4. The molecule has 7 nitrogen and oxygen atoms in total. The van der Waals surface area contributed by atoms with Crippen LogP contribution in [0, 0.1) is 0 Å². The largest absolute Gasteiger partial charge is 0.478 e. The van der Waals surface area contributed by atoms with Crippen LogP contribution in [0.1, 0.15) is 16.1 Å². The molecule has 0 aliphatic rings. The van der Waals surface area contributed by atoms with Crippen LogP contribution >= 0.6 is 0 Å². The molecule has 0 unspecified atom stereocenters. The molecule has 0 radical (unpaired) electrons. The van der Waals surface area contributed by atoms with Crippen molar-refractivity contribution in [3.8, 4) is 0 Å². The van der Waals surface area contributed by atoms with Crippen molar-refractivity contribution in [3.63, 3.8) is 0 Å². The van der Waals surface area contributed by atoms with Crippen molar-refractivity contribution in [2.75, 3.05) is 5.32 Å². The Balaban J connectivity index is 1.75. The van der Waals surface area contributed by atoms with Gasteiger partial charge in [-0.25, -0.2) is 14.3 Å². The van der Waals surface area contributed by atoms with Gasteiger partial charge in [0, 0.05) is 18.5 Å². The molecule has 0 atom stereocenters. The molecule has 7 heteroatoms. The monoisotopic (exact) mass is 269 g/mol. The van der Waals surface area contributed by atoms with Crippen LogP contribution in [-0.2, 0) is 6.54 Å². The van der Waals surface area contributed by atoms with Gasteiger partial charge in [-0.3, -0.25) is 4.98 Å². The van der Waals surface area contributed by atoms with Gasteiger partial charge in [0.2, 0.25) is 0 Å². The van der Waals surface area contributed by atoms with E-state index in [1.807, 2.05) is 0 Å². The number of rotatable bonds is 4. The van der Waals surface area contributed by atoms with E-state index >= 15 is 0 Å². The molecule has 20 heavy (non-hydrogen) atoms. The summed E-state index contributed by atoms with van der Waals surface area (Å²) in [7, 11) is 0. The van der Waals surface area contributed by atoms with Crippen LogP contribution in [0.25, 0.3) is 5.65 Å². The highest BCUT2D eigenvalue weighted by molar-refractivity contribution is 5.87. The summed E-state index contributed by atoms with van der Waals surface area (Å²) >= 11 is 0. The van der Waals surface area contributed by atoms with Gasteiger partial charge in [-0.15, -0.1) is 0 Å². The second-order valence-electron chi connectivity index (χ2n) is 4.14. The molecule has 2 N–H and O–H groups in total. The Hall–Kier alpha value is -2.96. The van der Waals surface area contributed by atoms with Crippen molar-refractivity contribution in [1.29, 1.82) is 0 Å². The SMILES string of the molecule is O=C(O)c1ccnc(CNc2ccn3nccc3n2)c1. The number of nitrogens with one attached hydrogen (secondary N) is 1. The predicted octanol–water partition coefficient (Wildman–Crippen LogP) is 1.43. The first kappa shape index (κ1) is 12.1. The van der Waals surface area contributed by atoms with Gasteiger partial charge in [-0.2, -0.15) is 5.10 Å². The van der Waals surface area contributed by atoms with Gasteiger partial charge in [0.25, 0.3) is 0 Å². The molecular formula is C13H11N5O2. The van der Waals surface area contributed by atoms with Crippen molar-refractivity contribution >= 4 is 17.4 Å². The maximum atomic E-state index is 10.9. The number of hydrogen-bond donors (Lipinski definition) is 2. The maximum absolute atomic E-state index is 10.9. The number of carbonyl (C=O) groups is 1. The number of carboxylic acids is 1. The summed E-state index contributed by atoms with van der Waals surface area (Å²) in [4.78, 5) is 19.3. The Morgan fingerprint density at radius 1 is 1.30 bits per heavy atom. The highest BCUT2D eigenvalue weighted by Crippen LogP contribution is 2.08. The molecule has 0 aromatic carbocycles. The first-order valence-corrected chi connectivity index (χ1v) is 5.95. The summed E-state index contributed by atoms with van der Waals surface area (Å²) in [6.07, 6.45) is 4.95. The molecule has 0 amide bonds. The molecule has 0 spiro atoms. The van der Waals surface area contributed by atoms with Gasteiger partial charge in [-0.05, 0) is 18.2 Å². The third kappa shape index (κ3) is 2.41. The number of aromatic nitrogens is 4. The second-order valence-corrected chi connectivity index (χ2v) is 4.14. The molecule has 3 heterocycles. The summed E-state index contributed by atoms with van der Waals surface area (Å²) in [5, 5.41) is 16.1. The van der Waals surface area contributed by atoms with Gasteiger partial charge >= 0.3 is 5.97 Å². The minimum atomic E-state index is -0.965. The lowest BCUT2D eigenvalue weighted by atomic mass is 10.2. The van der Waals surface area contributed by atoms with E-state index in [-0.39, 0.29) is 5.56 Å². The smallest absolute Gasteiger partial charge is 0.335 e. The van der Waals surface area contributed by atoms with Crippen LogP contribution in [0.3, 0.4) is 0 Å². The van der Waals surface area contributed by atoms with E-state index in [0.29, 0.717) is 18.1 Å². The van der Waals surface area contributed by atoms with Crippen LogP contribution in [-0.4, -0.2) is 30.7 Å². The van der Waals surface area contributed by atoms with Crippen LogP contribution in [0.2, 0.25) is 0 Å². The van der Waals surface area contributed by atoms with Gasteiger partial charge < -0.3 is 10.4 Å². The van der Waals surface area contributed by atoms with Gasteiger partial charge in [0.15, 0.2) is 5.65 Å². The number of carboxylic acid groups (broad SMARTS) is 1. The van der Waals surface area contributed by atoms with Crippen LogP contribution in [0.5, 0.6) is 0 Å². The lowest BCUT2D eigenvalue weighted by Crippen LogP contribution is -2.06. The Bertz CT molecular complexity index is 768. The number of pyridine rings is 1. The number of nitrogens with zero attached hydrogens (tertiary/aromatic N) is 4. The molecular weight excluding hydrogens is 258 g/mol. The summed E-state index contributed by atoms with van der Waals surface area (Å²) in [5.41, 5.74) is 1.60. The maximum Gasteiger partial charge on any atom is 0.335 e. The highest BCUT2D eigenvalue weighted by atomic mass is 16.4. The summed E-state index contributed by atoms with van der Waals surface area (Å²) < 4.78 is 1.66. The van der Waals surface area contributed by atoms with E-state index in [1.54, 1.807) is 29.0 Å². The molecule has 3 aromatic rings. The van der Waals surface area contributed by atoms with Crippen LogP contribution in [0.15, 0.2) is 42.9 Å². The average Bonchev–Trinajstić information content (AvgIpc) is 2.93. The van der Waals surface area contributed by atoms with E-state index in [1.165, 1.54) is 18.3 Å². The van der Waals surface area contributed by atoms with Crippen LogP contribution < -0.4 is 5.32 Å². The third-order valence-electron chi connectivity index (χ3n) is 2.77. The second kappa shape index (κ2) is 4.96. The standard InChI is InChI=1S/C13H11N5O2/c19-13(20)9-1-4-14-10(7-9)8-15-11-3-6-18-12(17-11)2-5-16-18/h1-7H,8H2,(H,15,17)(H,19,20). The molecule has 0 saturated carbocycles. The first-order valence-electron chi connectivity index (χ1n) is 5.95. The zero-order chi connectivity index (χ0) is 13.9. The number of anilines is 1. The minimum absolute atomic E-state index is 0.219. The van der Waals surface area contributed by atoms with E-state index in [9.17, 15) is 4.79 Å². The normalized spacial score (nSPS) is 10.6. The van der Waals surface area contributed by atoms with E-state index in [0.717, 1.165) is 5.65 Å². The summed E-state index contributed by atoms with van der Waals surface area (Å²) in [6, 6.07) is 6.59. The lowest BCUT2D eigenvalue weighted by molar-refractivity contribution is 0.0696. The fourth-order valence-electron chi connectivity index (χ4n) is 1.80. The highest BCUT2D eigenvalue weighted by Gasteiger charge is 2.04. The first-order chi connectivity index (χ1) is 9.72. The number of fused-ring (bicyclic) bond motifs is 1. The summed E-state index contributed by atoms with van der Waals surface area (Å²) in [6.45, 7) is 0.401. The lowest BCUT2D eigenvalue weighted by Gasteiger charge is -2.06. The molecule has 100 valence electrons. The Morgan fingerprint density at radius 3 is 3.05 bits per heavy atom. The molecule has 3 aromatic heterocycles. The Morgan fingerprint density at radius 2 is 2.20 bits per heavy atom. The quantitative estimate of drug-likeness (QED) is 0.744. The van der Waals surface area contributed by atoms with E-state index in [2.05, 4.69) is 20.4 Å². The molecule has 0 aliphatic carbocycles. The van der Waals surface area contributed by atoms with Crippen molar-refractivity contribution in [2.45, 2.75) is 6.54 Å². The molecule has 3 rings (SSSR count). The molecule has 0 aliphatic heterocycles. The molecule has 0 fully saturated rings. The molecule has 0 bridgehead atoms. The Kier molecular flexibility index (Phi) is 3.00. The topological polar surface area (TPSA) is 92.4 Å². The Labute approximate surface area is 113 Å². The fraction of sp³-hybridized carbons (Fsp3) is 0.0769. The molecule has 0 saturated heterocycles. The minimum Gasteiger partial charge on any atom is -0.478 e. The number of hydrogen-bond acceptors (Lipinski definition) is 5. The van der Waals surface area contributed by atoms with Gasteiger partial charge in [-0.1, -0.05) is 0 Å². The predicted molar refractivity (Wildman–Crippen MR) is 71.5 cm³/mol. The van der Waals surface area contributed by atoms with E-state index in [4.69, 9.17) is 5.11 Å². The van der Waals surface area contributed by atoms with Crippen molar-refractivity contribution < 1.29 is 9.90 Å². The van der Waals surface area contributed by atoms with Crippen molar-refractivity contribution in [3.05, 3.63) is 54.1 Å². The zero-order valence-electron chi connectivity index (χ0n) is 10.4. The fourth-order valence-corrected chi connectivity index (χ4v) is 1.80.